The highest BCUT2D eigenvalue weighted by Crippen LogP contribution is 2.25. The fourth-order valence-electron chi connectivity index (χ4n) is 1.91. The number of rotatable bonds is 5. The molecule has 0 saturated carbocycles. The standard InChI is InChI=1S/C17H18N2O4/c1-11-4-7-15(22-3)14(8-11)19-16(20)10-23-17(21)13-6-5-12(2)18-9-13/h4-9H,10H2,1-3H3,(H,19,20). The lowest BCUT2D eigenvalue weighted by atomic mass is 10.2. The third-order valence-electron chi connectivity index (χ3n) is 3.11. The molecular weight excluding hydrogens is 296 g/mol. The molecule has 0 aliphatic heterocycles. The number of carbonyl (C=O) groups excluding carboxylic acids is 2. The number of carbonyl (C=O) groups is 2. The molecule has 0 aliphatic rings. The smallest absolute Gasteiger partial charge is 0.340 e. The van der Waals surface area contributed by atoms with Crippen molar-refractivity contribution in [2.24, 2.45) is 0 Å². The quantitative estimate of drug-likeness (QED) is 0.858. The molecule has 120 valence electrons. The van der Waals surface area contributed by atoms with E-state index in [1.54, 1.807) is 24.3 Å². The molecular formula is C17H18N2O4. The molecule has 0 aliphatic carbocycles. The van der Waals surface area contributed by atoms with E-state index in [4.69, 9.17) is 9.47 Å². The van der Waals surface area contributed by atoms with Gasteiger partial charge in [-0.15, -0.1) is 0 Å². The number of amides is 1. The average molecular weight is 314 g/mol. The molecule has 0 atom stereocenters. The molecule has 6 nitrogen and oxygen atoms in total. The van der Waals surface area contributed by atoms with Crippen LogP contribution in [0.4, 0.5) is 5.69 Å². The largest absolute Gasteiger partial charge is 0.495 e. The SMILES string of the molecule is COc1ccc(C)cc1NC(=O)COC(=O)c1ccc(C)nc1. The van der Waals surface area contributed by atoms with Gasteiger partial charge in [-0.2, -0.15) is 0 Å². The number of anilines is 1. The minimum Gasteiger partial charge on any atom is -0.495 e. The summed E-state index contributed by atoms with van der Waals surface area (Å²) in [5, 5.41) is 2.66. The minimum atomic E-state index is -0.594. The topological polar surface area (TPSA) is 77.5 Å². The number of aromatic nitrogens is 1. The van der Waals surface area contributed by atoms with Gasteiger partial charge in [0.25, 0.3) is 5.91 Å². The van der Waals surface area contributed by atoms with E-state index in [1.807, 2.05) is 19.9 Å². The number of pyridine rings is 1. The summed E-state index contributed by atoms with van der Waals surface area (Å²) in [4.78, 5) is 27.8. The van der Waals surface area contributed by atoms with Gasteiger partial charge in [-0.25, -0.2) is 4.79 Å². The van der Waals surface area contributed by atoms with E-state index < -0.39 is 11.9 Å². The van der Waals surface area contributed by atoms with Crippen LogP contribution in [0.3, 0.4) is 0 Å². The molecule has 0 saturated heterocycles. The Hall–Kier alpha value is -2.89. The molecule has 1 amide bonds. The fraction of sp³-hybridized carbons (Fsp3) is 0.235. The van der Waals surface area contributed by atoms with Crippen molar-refractivity contribution in [3.05, 3.63) is 53.3 Å². The van der Waals surface area contributed by atoms with E-state index in [1.165, 1.54) is 13.3 Å². The second-order valence-corrected chi connectivity index (χ2v) is 5.02. The summed E-state index contributed by atoms with van der Waals surface area (Å²) in [7, 11) is 1.52. The van der Waals surface area contributed by atoms with Gasteiger partial charge < -0.3 is 14.8 Å². The Bertz CT molecular complexity index is 711. The zero-order valence-electron chi connectivity index (χ0n) is 13.3. The molecule has 2 aromatic rings. The molecule has 1 N–H and O–H groups in total. The summed E-state index contributed by atoms with van der Waals surface area (Å²) in [6, 6.07) is 8.72. The van der Waals surface area contributed by atoms with Gasteiger partial charge in [0, 0.05) is 11.9 Å². The highest BCUT2D eigenvalue weighted by molar-refractivity contribution is 5.96. The first-order valence-corrected chi connectivity index (χ1v) is 7.04. The molecule has 1 aromatic heterocycles. The van der Waals surface area contributed by atoms with Crippen molar-refractivity contribution >= 4 is 17.6 Å². The van der Waals surface area contributed by atoms with Gasteiger partial charge in [-0.05, 0) is 43.7 Å². The van der Waals surface area contributed by atoms with E-state index in [-0.39, 0.29) is 6.61 Å². The van der Waals surface area contributed by atoms with E-state index in [2.05, 4.69) is 10.3 Å². The monoisotopic (exact) mass is 314 g/mol. The van der Waals surface area contributed by atoms with Crippen LogP contribution in [0.25, 0.3) is 0 Å². The van der Waals surface area contributed by atoms with Crippen molar-refractivity contribution < 1.29 is 19.1 Å². The zero-order chi connectivity index (χ0) is 16.8. The van der Waals surface area contributed by atoms with Crippen LogP contribution in [0.5, 0.6) is 5.75 Å². The third kappa shape index (κ3) is 4.54. The highest BCUT2D eigenvalue weighted by Gasteiger charge is 2.12. The van der Waals surface area contributed by atoms with Gasteiger partial charge >= 0.3 is 5.97 Å². The predicted octanol–water partition coefficient (Wildman–Crippen LogP) is 2.50. The normalized spacial score (nSPS) is 10.0. The summed E-state index contributed by atoms with van der Waals surface area (Å²) in [6.45, 7) is 3.33. The molecule has 1 heterocycles. The van der Waals surface area contributed by atoms with Crippen LogP contribution >= 0.6 is 0 Å². The van der Waals surface area contributed by atoms with Gasteiger partial charge in [-0.3, -0.25) is 9.78 Å². The van der Waals surface area contributed by atoms with Gasteiger partial charge in [-0.1, -0.05) is 6.07 Å². The summed E-state index contributed by atoms with van der Waals surface area (Å²) in [5.41, 5.74) is 2.61. The fourth-order valence-corrected chi connectivity index (χ4v) is 1.91. The van der Waals surface area contributed by atoms with E-state index >= 15 is 0 Å². The number of nitrogens with one attached hydrogen (secondary N) is 1. The number of ether oxygens (including phenoxy) is 2. The molecule has 23 heavy (non-hydrogen) atoms. The molecule has 6 heteroatoms. The van der Waals surface area contributed by atoms with Crippen molar-refractivity contribution in [3.63, 3.8) is 0 Å². The van der Waals surface area contributed by atoms with Crippen LogP contribution in [0.1, 0.15) is 21.6 Å². The number of nitrogens with zero attached hydrogens (tertiary/aromatic N) is 1. The second kappa shape index (κ2) is 7.40. The third-order valence-corrected chi connectivity index (χ3v) is 3.11. The first kappa shape index (κ1) is 16.5. The van der Waals surface area contributed by atoms with Crippen LogP contribution in [0.15, 0.2) is 36.5 Å². The number of benzene rings is 1. The minimum absolute atomic E-state index is 0.302. The number of methoxy groups -OCH3 is 1. The Labute approximate surface area is 134 Å². The molecule has 0 unspecified atom stereocenters. The summed E-state index contributed by atoms with van der Waals surface area (Å²) in [6.07, 6.45) is 1.42. The summed E-state index contributed by atoms with van der Waals surface area (Å²) >= 11 is 0. The number of hydrogen-bond donors (Lipinski definition) is 1. The highest BCUT2D eigenvalue weighted by atomic mass is 16.5. The first-order chi connectivity index (χ1) is 11.0. The Morgan fingerprint density at radius 3 is 2.61 bits per heavy atom. The Kier molecular flexibility index (Phi) is 5.30. The molecule has 1 aromatic carbocycles. The number of aryl methyl sites for hydroxylation is 2. The summed E-state index contributed by atoms with van der Waals surface area (Å²) < 4.78 is 10.2. The van der Waals surface area contributed by atoms with Crippen LogP contribution in [0, 0.1) is 13.8 Å². The lowest BCUT2D eigenvalue weighted by Gasteiger charge is -2.11. The number of hydrogen-bond acceptors (Lipinski definition) is 5. The first-order valence-electron chi connectivity index (χ1n) is 7.04. The summed E-state index contributed by atoms with van der Waals surface area (Å²) in [5.74, 6) is -0.496. The zero-order valence-corrected chi connectivity index (χ0v) is 13.3. The van der Waals surface area contributed by atoms with Crippen molar-refractivity contribution in [3.8, 4) is 5.75 Å². The van der Waals surface area contributed by atoms with E-state index in [0.717, 1.165) is 11.3 Å². The molecule has 0 bridgehead atoms. The van der Waals surface area contributed by atoms with E-state index in [0.29, 0.717) is 17.0 Å². The molecule has 0 spiro atoms. The van der Waals surface area contributed by atoms with Gasteiger partial charge in [0.2, 0.25) is 0 Å². The Morgan fingerprint density at radius 2 is 1.96 bits per heavy atom. The Balaban J connectivity index is 1.94. The molecule has 0 radical (unpaired) electrons. The van der Waals surface area contributed by atoms with Crippen molar-refractivity contribution in [1.29, 1.82) is 0 Å². The van der Waals surface area contributed by atoms with Crippen LogP contribution in [0.2, 0.25) is 0 Å². The second-order valence-electron chi connectivity index (χ2n) is 5.02. The van der Waals surface area contributed by atoms with Crippen LogP contribution < -0.4 is 10.1 Å². The van der Waals surface area contributed by atoms with Crippen molar-refractivity contribution in [2.75, 3.05) is 19.0 Å². The Morgan fingerprint density at radius 1 is 1.17 bits per heavy atom. The average Bonchev–Trinajstić information content (AvgIpc) is 2.53. The predicted molar refractivity (Wildman–Crippen MR) is 85.6 cm³/mol. The lowest BCUT2D eigenvalue weighted by Crippen LogP contribution is -2.21. The van der Waals surface area contributed by atoms with Crippen LogP contribution in [-0.4, -0.2) is 30.6 Å². The van der Waals surface area contributed by atoms with E-state index in [9.17, 15) is 9.59 Å². The van der Waals surface area contributed by atoms with Crippen molar-refractivity contribution in [2.45, 2.75) is 13.8 Å². The molecule has 0 fully saturated rings. The maximum absolute atomic E-state index is 11.9. The number of esters is 1. The van der Waals surface area contributed by atoms with Gasteiger partial charge in [0.05, 0.1) is 18.4 Å². The maximum atomic E-state index is 11.9. The van der Waals surface area contributed by atoms with Gasteiger partial charge in [0.15, 0.2) is 6.61 Å². The lowest BCUT2D eigenvalue weighted by molar-refractivity contribution is -0.119. The van der Waals surface area contributed by atoms with Crippen LogP contribution in [-0.2, 0) is 9.53 Å². The van der Waals surface area contributed by atoms with Gasteiger partial charge in [0.1, 0.15) is 5.75 Å². The van der Waals surface area contributed by atoms with Crippen molar-refractivity contribution in [1.82, 2.24) is 4.98 Å². The maximum Gasteiger partial charge on any atom is 0.340 e. The molecule has 2 rings (SSSR count).